The van der Waals surface area contributed by atoms with Gasteiger partial charge in [0.25, 0.3) is 9.84 Å². The monoisotopic (exact) mass is 258 g/mol. The van der Waals surface area contributed by atoms with Crippen LogP contribution in [0.15, 0.2) is 40.5 Å². The third-order valence-corrected chi connectivity index (χ3v) is 3.19. The largest absolute Gasteiger partial charge is 0.430 e. The summed E-state index contributed by atoms with van der Waals surface area (Å²) in [5.41, 5.74) is 5.27. The molecular weight excluding hydrogens is 252 g/mol. The molecule has 1 aromatic carbocycles. The Labute approximate surface area is 97.1 Å². The van der Waals surface area contributed by atoms with Crippen LogP contribution in [0.2, 0.25) is 5.02 Å². The average Bonchev–Trinajstić information content (AvgIpc) is 2.39. The summed E-state index contributed by atoms with van der Waals surface area (Å²) >= 11 is 5.72. The van der Waals surface area contributed by atoms with E-state index in [4.69, 9.17) is 22.1 Å². The molecule has 7 heteroatoms. The van der Waals surface area contributed by atoms with Crippen LogP contribution in [0.3, 0.4) is 0 Å². The van der Waals surface area contributed by atoms with Gasteiger partial charge in [0.05, 0.1) is 5.41 Å². The van der Waals surface area contributed by atoms with Crippen LogP contribution >= 0.6 is 11.6 Å². The number of hydrogen-bond donors (Lipinski definition) is 1. The molecule has 0 aromatic heterocycles. The molecule has 16 heavy (non-hydrogen) atoms. The number of aliphatic imine (C=N–C) groups is 1. The Kier molecular flexibility index (Phi) is 2.61. The van der Waals surface area contributed by atoms with E-state index in [9.17, 15) is 8.42 Å². The topological polar surface area (TPSA) is 81.8 Å². The summed E-state index contributed by atoms with van der Waals surface area (Å²) < 4.78 is 27.9. The molecule has 1 aliphatic heterocycles. The van der Waals surface area contributed by atoms with Gasteiger partial charge in [-0.1, -0.05) is 17.7 Å². The van der Waals surface area contributed by atoms with Gasteiger partial charge >= 0.3 is 5.23 Å². The Morgan fingerprint density at radius 1 is 1.38 bits per heavy atom. The summed E-state index contributed by atoms with van der Waals surface area (Å²) in [4.78, 5) is 3.57. The second kappa shape index (κ2) is 3.80. The minimum Gasteiger partial charge on any atom is -0.430 e. The van der Waals surface area contributed by atoms with Gasteiger partial charge in [-0.3, -0.25) is 0 Å². The molecule has 0 saturated heterocycles. The highest BCUT2D eigenvalue weighted by atomic mass is 35.5. The summed E-state index contributed by atoms with van der Waals surface area (Å²) in [6, 6.07) is 6.33. The van der Waals surface area contributed by atoms with E-state index in [2.05, 4.69) is 4.99 Å². The minimum absolute atomic E-state index is 0.1000. The normalized spacial score (nSPS) is 17.8. The molecule has 1 aromatic rings. The first-order chi connectivity index (χ1) is 7.47. The van der Waals surface area contributed by atoms with E-state index in [1.54, 1.807) is 18.2 Å². The molecule has 0 fully saturated rings. The smallest absolute Gasteiger partial charge is 0.321 e. The number of sulfone groups is 1. The molecule has 5 nitrogen and oxygen atoms in total. The minimum atomic E-state index is -3.65. The van der Waals surface area contributed by atoms with Gasteiger partial charge in [0.1, 0.15) is 11.6 Å². The number of rotatable bonds is 1. The molecule has 0 unspecified atom stereocenters. The van der Waals surface area contributed by atoms with Crippen molar-refractivity contribution in [1.29, 1.82) is 0 Å². The Balaban J connectivity index is 2.28. The van der Waals surface area contributed by atoms with Crippen molar-refractivity contribution in [3.8, 4) is 5.75 Å². The van der Waals surface area contributed by atoms with Gasteiger partial charge in [-0.05, 0) is 18.2 Å². The fourth-order valence-corrected chi connectivity index (χ4v) is 2.21. The number of nitrogens with zero attached hydrogens (tertiary/aromatic N) is 1. The first kappa shape index (κ1) is 11.0. The van der Waals surface area contributed by atoms with Gasteiger partial charge in [-0.15, -0.1) is 0 Å². The zero-order valence-electron chi connectivity index (χ0n) is 7.92. The maximum atomic E-state index is 11.4. The van der Waals surface area contributed by atoms with E-state index < -0.39 is 15.1 Å². The zero-order valence-corrected chi connectivity index (χ0v) is 9.49. The highest BCUT2D eigenvalue weighted by Crippen LogP contribution is 2.20. The molecule has 84 valence electrons. The van der Waals surface area contributed by atoms with Crippen molar-refractivity contribution in [1.82, 2.24) is 0 Å². The number of halogens is 1. The third-order valence-electron chi connectivity index (χ3n) is 1.74. The Hall–Kier alpha value is -1.53. The van der Waals surface area contributed by atoms with E-state index in [1.165, 1.54) is 6.07 Å². The molecule has 0 spiro atoms. The number of ether oxygens (including phenoxy) is 1. The molecule has 1 aliphatic rings. The molecule has 2 rings (SSSR count). The predicted octanol–water partition coefficient (Wildman–Crippen LogP) is 1.26. The van der Waals surface area contributed by atoms with E-state index >= 15 is 0 Å². The molecule has 2 N–H and O–H groups in total. The predicted molar refractivity (Wildman–Crippen MR) is 60.7 cm³/mol. The molecule has 0 saturated carbocycles. The molecule has 0 bridgehead atoms. The van der Waals surface area contributed by atoms with Crippen LogP contribution in [-0.2, 0) is 9.84 Å². The molecule has 0 aliphatic carbocycles. The number of benzene rings is 1. The molecule has 0 amide bonds. The maximum absolute atomic E-state index is 11.4. The van der Waals surface area contributed by atoms with Crippen molar-refractivity contribution < 1.29 is 13.2 Å². The quantitative estimate of drug-likeness (QED) is 0.822. The fraction of sp³-hybridized carbons (Fsp3) is 0. The van der Waals surface area contributed by atoms with Crippen molar-refractivity contribution in [3.05, 3.63) is 40.5 Å². The molecule has 1 heterocycles. The lowest BCUT2D eigenvalue weighted by Gasteiger charge is -2.03. The summed E-state index contributed by atoms with van der Waals surface area (Å²) in [6.45, 7) is 0. The Bertz CT molecular complexity index is 593. The summed E-state index contributed by atoms with van der Waals surface area (Å²) in [7, 11) is -3.65. The standard InChI is InChI=1S/C9H7ClN2O3S/c10-6-2-1-3-7(4-6)15-9-12-8(11)5-16(9,13)14/h1-5H,11H2. The molecule has 0 radical (unpaired) electrons. The highest BCUT2D eigenvalue weighted by molar-refractivity contribution is 8.08. The van der Waals surface area contributed by atoms with E-state index in [1.807, 2.05) is 0 Å². The fourth-order valence-electron chi connectivity index (χ4n) is 1.12. The maximum Gasteiger partial charge on any atom is 0.321 e. The van der Waals surface area contributed by atoms with Crippen LogP contribution in [0, 0.1) is 0 Å². The first-order valence-corrected chi connectivity index (χ1v) is 6.14. The number of hydrogen-bond acceptors (Lipinski definition) is 5. The van der Waals surface area contributed by atoms with Gasteiger partial charge < -0.3 is 10.5 Å². The van der Waals surface area contributed by atoms with E-state index in [-0.39, 0.29) is 11.6 Å². The summed E-state index contributed by atoms with van der Waals surface area (Å²) in [6.07, 6.45) is 0. The lowest BCUT2D eigenvalue weighted by molar-refractivity contribution is 0.549. The van der Waals surface area contributed by atoms with Crippen LogP contribution in [0.5, 0.6) is 5.75 Å². The lowest BCUT2D eigenvalue weighted by Crippen LogP contribution is -2.16. The molecular formula is C9H7ClN2O3S. The Morgan fingerprint density at radius 3 is 2.69 bits per heavy atom. The van der Waals surface area contributed by atoms with Gasteiger partial charge in [0.2, 0.25) is 0 Å². The summed E-state index contributed by atoms with van der Waals surface area (Å²) in [5, 5.41) is 0.842. The SMILES string of the molecule is NC1=CS(=O)(=O)C(Oc2cccc(Cl)c2)=N1. The van der Waals surface area contributed by atoms with Gasteiger partial charge in [-0.25, -0.2) is 8.42 Å². The second-order valence-electron chi connectivity index (χ2n) is 3.02. The third kappa shape index (κ3) is 2.17. The van der Waals surface area contributed by atoms with Gasteiger partial charge in [0, 0.05) is 5.02 Å². The van der Waals surface area contributed by atoms with Gasteiger partial charge in [0.15, 0.2) is 0 Å². The lowest BCUT2D eigenvalue weighted by atomic mass is 10.3. The Morgan fingerprint density at radius 2 is 2.12 bits per heavy atom. The van der Waals surface area contributed by atoms with Crippen LogP contribution in [-0.4, -0.2) is 13.6 Å². The summed E-state index contributed by atoms with van der Waals surface area (Å²) in [5.74, 6) is 0.190. The average molecular weight is 259 g/mol. The van der Waals surface area contributed by atoms with Gasteiger partial charge in [-0.2, -0.15) is 4.99 Å². The van der Waals surface area contributed by atoms with Crippen molar-refractivity contribution in [2.45, 2.75) is 0 Å². The van der Waals surface area contributed by atoms with Crippen molar-refractivity contribution in [2.75, 3.05) is 0 Å². The van der Waals surface area contributed by atoms with Crippen LogP contribution in [0.4, 0.5) is 0 Å². The van der Waals surface area contributed by atoms with Crippen molar-refractivity contribution in [2.24, 2.45) is 10.7 Å². The van der Waals surface area contributed by atoms with Crippen LogP contribution in [0.1, 0.15) is 0 Å². The number of nitrogens with two attached hydrogens (primary N) is 1. The van der Waals surface area contributed by atoms with Crippen molar-refractivity contribution in [3.63, 3.8) is 0 Å². The first-order valence-electron chi connectivity index (χ1n) is 4.22. The zero-order chi connectivity index (χ0) is 11.8. The molecule has 0 atom stereocenters. The van der Waals surface area contributed by atoms with E-state index in [0.29, 0.717) is 5.02 Å². The van der Waals surface area contributed by atoms with E-state index in [0.717, 1.165) is 5.41 Å². The second-order valence-corrected chi connectivity index (χ2v) is 5.14. The van der Waals surface area contributed by atoms with Crippen LogP contribution < -0.4 is 10.5 Å². The van der Waals surface area contributed by atoms with Crippen LogP contribution in [0.25, 0.3) is 0 Å². The van der Waals surface area contributed by atoms with Crippen molar-refractivity contribution >= 4 is 26.7 Å². The highest BCUT2D eigenvalue weighted by Gasteiger charge is 2.26.